The second-order valence-corrected chi connectivity index (χ2v) is 3.60. The van der Waals surface area contributed by atoms with Gasteiger partial charge in [0, 0.05) is 13.0 Å². The molecule has 0 fully saturated rings. The van der Waals surface area contributed by atoms with Gasteiger partial charge in [-0.2, -0.15) is 4.98 Å². The van der Waals surface area contributed by atoms with E-state index in [0.717, 1.165) is 11.4 Å². The summed E-state index contributed by atoms with van der Waals surface area (Å²) in [5.41, 5.74) is 0.893. The Balaban J connectivity index is 1.94. The second-order valence-electron chi connectivity index (χ2n) is 3.60. The van der Waals surface area contributed by atoms with Crippen LogP contribution < -0.4 is 10.1 Å². The van der Waals surface area contributed by atoms with Crippen molar-refractivity contribution in [2.45, 2.75) is 20.3 Å². The summed E-state index contributed by atoms with van der Waals surface area (Å²) in [6.07, 6.45) is 3.51. The van der Waals surface area contributed by atoms with Crippen LogP contribution in [0.1, 0.15) is 18.4 Å². The maximum Gasteiger partial charge on any atom is 0.228 e. The Morgan fingerprint density at radius 1 is 1.28 bits per heavy atom. The molecule has 0 aliphatic rings. The topological polar surface area (TPSA) is 86.0 Å². The minimum absolute atomic E-state index is 0.583. The van der Waals surface area contributed by atoms with Gasteiger partial charge in [-0.15, -0.1) is 0 Å². The standard InChI is InChI=1S/C11H15N5O2/c1-3-17-11-8(2)10(14-6-15-11)12-5-4-9-13-7-16-18-9/h6-7H,3-5H2,1-2H3,(H,12,14,15). The molecule has 0 amide bonds. The number of nitrogens with zero attached hydrogens (tertiary/aromatic N) is 4. The van der Waals surface area contributed by atoms with Gasteiger partial charge >= 0.3 is 0 Å². The summed E-state index contributed by atoms with van der Waals surface area (Å²) in [6.45, 7) is 5.08. The molecule has 0 aromatic carbocycles. The molecule has 2 heterocycles. The van der Waals surface area contributed by atoms with Gasteiger partial charge in [0.1, 0.15) is 12.1 Å². The van der Waals surface area contributed by atoms with E-state index >= 15 is 0 Å². The van der Waals surface area contributed by atoms with Crippen molar-refractivity contribution in [1.29, 1.82) is 0 Å². The van der Waals surface area contributed by atoms with Crippen molar-refractivity contribution >= 4 is 5.82 Å². The van der Waals surface area contributed by atoms with Crippen LogP contribution in [0, 0.1) is 6.92 Å². The van der Waals surface area contributed by atoms with Crippen molar-refractivity contribution in [3.8, 4) is 5.88 Å². The Morgan fingerprint density at radius 2 is 2.17 bits per heavy atom. The monoisotopic (exact) mass is 249 g/mol. The number of hydrogen-bond acceptors (Lipinski definition) is 7. The summed E-state index contributed by atoms with van der Waals surface area (Å²) >= 11 is 0. The first-order valence-electron chi connectivity index (χ1n) is 5.75. The fourth-order valence-corrected chi connectivity index (χ4v) is 1.49. The Labute approximate surface area is 105 Å². The predicted octanol–water partition coefficient (Wildman–Crippen LogP) is 1.22. The van der Waals surface area contributed by atoms with E-state index in [9.17, 15) is 0 Å². The van der Waals surface area contributed by atoms with Gasteiger partial charge in [0.15, 0.2) is 6.33 Å². The molecule has 1 N–H and O–H groups in total. The SMILES string of the molecule is CCOc1ncnc(NCCc2ncno2)c1C. The highest BCUT2D eigenvalue weighted by molar-refractivity contribution is 5.47. The molecule has 0 aliphatic heterocycles. The first kappa shape index (κ1) is 12.3. The minimum atomic E-state index is 0.583. The van der Waals surface area contributed by atoms with Gasteiger partial charge in [0.2, 0.25) is 11.8 Å². The van der Waals surface area contributed by atoms with Crippen molar-refractivity contribution in [2.24, 2.45) is 0 Å². The van der Waals surface area contributed by atoms with Crippen LogP contribution in [0.25, 0.3) is 0 Å². The molecule has 2 aromatic heterocycles. The predicted molar refractivity (Wildman–Crippen MR) is 64.4 cm³/mol. The molecule has 7 nitrogen and oxygen atoms in total. The van der Waals surface area contributed by atoms with Gasteiger partial charge in [-0.05, 0) is 13.8 Å². The van der Waals surface area contributed by atoms with Crippen molar-refractivity contribution in [2.75, 3.05) is 18.5 Å². The van der Waals surface area contributed by atoms with Gasteiger partial charge in [0.05, 0.1) is 12.2 Å². The van der Waals surface area contributed by atoms with Crippen LogP contribution in [0.4, 0.5) is 5.82 Å². The third kappa shape index (κ3) is 2.93. The fourth-order valence-electron chi connectivity index (χ4n) is 1.49. The minimum Gasteiger partial charge on any atom is -0.478 e. The Bertz CT molecular complexity index is 486. The van der Waals surface area contributed by atoms with Crippen molar-refractivity contribution in [3.63, 3.8) is 0 Å². The zero-order valence-corrected chi connectivity index (χ0v) is 10.4. The molecule has 0 radical (unpaired) electrons. The van der Waals surface area contributed by atoms with E-state index in [1.807, 2.05) is 13.8 Å². The molecular formula is C11H15N5O2. The summed E-state index contributed by atoms with van der Waals surface area (Å²) in [6, 6.07) is 0. The highest BCUT2D eigenvalue weighted by atomic mass is 16.5. The summed E-state index contributed by atoms with van der Waals surface area (Å²) in [5.74, 6) is 1.96. The van der Waals surface area contributed by atoms with Gasteiger partial charge in [-0.25, -0.2) is 9.97 Å². The molecule has 0 spiro atoms. The maximum atomic E-state index is 5.40. The highest BCUT2D eigenvalue weighted by Crippen LogP contribution is 2.19. The third-order valence-corrected chi connectivity index (χ3v) is 2.36. The van der Waals surface area contributed by atoms with Crippen LogP contribution in [-0.4, -0.2) is 33.3 Å². The Kier molecular flexibility index (Phi) is 4.06. The van der Waals surface area contributed by atoms with Crippen molar-refractivity contribution < 1.29 is 9.26 Å². The summed E-state index contributed by atoms with van der Waals surface area (Å²) in [5, 5.41) is 6.74. The summed E-state index contributed by atoms with van der Waals surface area (Å²) < 4.78 is 10.3. The highest BCUT2D eigenvalue weighted by Gasteiger charge is 2.07. The molecule has 96 valence electrons. The van der Waals surface area contributed by atoms with E-state index in [4.69, 9.17) is 9.26 Å². The number of rotatable bonds is 6. The van der Waals surface area contributed by atoms with Crippen LogP contribution in [0.5, 0.6) is 5.88 Å². The van der Waals surface area contributed by atoms with E-state index in [2.05, 4.69) is 25.4 Å². The largest absolute Gasteiger partial charge is 0.478 e. The molecule has 2 aromatic rings. The number of ether oxygens (including phenoxy) is 1. The van der Waals surface area contributed by atoms with E-state index in [-0.39, 0.29) is 0 Å². The average Bonchev–Trinajstić information content (AvgIpc) is 2.87. The van der Waals surface area contributed by atoms with Crippen molar-refractivity contribution in [3.05, 3.63) is 24.1 Å². The average molecular weight is 249 g/mol. The van der Waals surface area contributed by atoms with Gasteiger partial charge in [-0.1, -0.05) is 5.16 Å². The fraction of sp³-hybridized carbons (Fsp3) is 0.455. The van der Waals surface area contributed by atoms with Gasteiger partial charge in [0.25, 0.3) is 0 Å². The van der Waals surface area contributed by atoms with Crippen LogP contribution in [0.15, 0.2) is 17.2 Å². The molecule has 7 heteroatoms. The summed E-state index contributed by atoms with van der Waals surface area (Å²) in [7, 11) is 0. The van der Waals surface area contributed by atoms with Crippen LogP contribution in [-0.2, 0) is 6.42 Å². The molecule has 0 bridgehead atoms. The Hall–Kier alpha value is -2.18. The van der Waals surface area contributed by atoms with Gasteiger partial charge in [-0.3, -0.25) is 0 Å². The number of anilines is 1. The van der Waals surface area contributed by atoms with Gasteiger partial charge < -0.3 is 14.6 Å². The first-order chi connectivity index (χ1) is 8.81. The van der Waals surface area contributed by atoms with E-state index in [1.54, 1.807) is 0 Å². The molecule has 0 aliphatic carbocycles. The third-order valence-electron chi connectivity index (χ3n) is 2.36. The van der Waals surface area contributed by atoms with E-state index < -0.39 is 0 Å². The molecule has 0 unspecified atom stereocenters. The van der Waals surface area contributed by atoms with E-state index in [1.165, 1.54) is 12.7 Å². The first-order valence-corrected chi connectivity index (χ1v) is 5.75. The number of nitrogens with one attached hydrogen (secondary N) is 1. The molecule has 2 rings (SSSR count). The Morgan fingerprint density at radius 3 is 2.89 bits per heavy atom. The molecule has 0 saturated heterocycles. The lowest BCUT2D eigenvalue weighted by Gasteiger charge is -2.10. The number of aromatic nitrogens is 4. The maximum absolute atomic E-state index is 5.40. The molecule has 0 saturated carbocycles. The van der Waals surface area contributed by atoms with Crippen LogP contribution >= 0.6 is 0 Å². The van der Waals surface area contributed by atoms with Crippen LogP contribution in [0.2, 0.25) is 0 Å². The lowest BCUT2D eigenvalue weighted by atomic mass is 10.3. The smallest absolute Gasteiger partial charge is 0.228 e. The molecular weight excluding hydrogens is 234 g/mol. The zero-order chi connectivity index (χ0) is 12.8. The lowest BCUT2D eigenvalue weighted by molar-refractivity contribution is 0.324. The van der Waals surface area contributed by atoms with Crippen molar-refractivity contribution in [1.82, 2.24) is 20.1 Å². The number of hydrogen-bond donors (Lipinski definition) is 1. The lowest BCUT2D eigenvalue weighted by Crippen LogP contribution is -2.09. The van der Waals surface area contributed by atoms with E-state index in [0.29, 0.717) is 31.3 Å². The normalized spacial score (nSPS) is 10.3. The molecule has 0 atom stereocenters. The second kappa shape index (κ2) is 5.95. The molecule has 18 heavy (non-hydrogen) atoms. The quantitative estimate of drug-likeness (QED) is 0.823. The summed E-state index contributed by atoms with van der Waals surface area (Å²) in [4.78, 5) is 12.2. The zero-order valence-electron chi connectivity index (χ0n) is 10.4. The van der Waals surface area contributed by atoms with Crippen LogP contribution in [0.3, 0.4) is 0 Å².